The summed E-state index contributed by atoms with van der Waals surface area (Å²) < 4.78 is 36.4. The molecule has 0 bridgehead atoms. The van der Waals surface area contributed by atoms with Crippen LogP contribution < -0.4 is 4.74 Å². The lowest BCUT2D eigenvalue weighted by Gasteiger charge is -2.05. The van der Waals surface area contributed by atoms with E-state index in [-0.39, 0.29) is 0 Å². The first-order valence-corrected chi connectivity index (χ1v) is 11.6. The summed E-state index contributed by atoms with van der Waals surface area (Å²) in [6.07, 6.45) is 5.79. The van der Waals surface area contributed by atoms with Gasteiger partial charge in [0.25, 0.3) is 0 Å². The molecule has 9 heteroatoms. The molecule has 0 saturated heterocycles. The van der Waals surface area contributed by atoms with E-state index in [1.807, 2.05) is 47.1 Å². The van der Waals surface area contributed by atoms with Gasteiger partial charge in [-0.15, -0.1) is 10.2 Å². The highest BCUT2D eigenvalue weighted by atomic mass is 32.2. The molecule has 0 aliphatic rings. The minimum Gasteiger partial charge on any atom is -0.494 e. The Labute approximate surface area is 193 Å². The number of ether oxygens (including phenoxy) is 1. The van der Waals surface area contributed by atoms with E-state index in [2.05, 4.69) is 22.2 Å². The number of nitrogens with zero attached hydrogens (tertiary/aromatic N) is 5. The molecule has 3 heterocycles. The van der Waals surface area contributed by atoms with Crippen LogP contribution in [0.1, 0.15) is 25.3 Å². The lowest BCUT2D eigenvalue weighted by molar-refractivity contribution is 0.309. The van der Waals surface area contributed by atoms with E-state index >= 15 is 0 Å². The van der Waals surface area contributed by atoms with Gasteiger partial charge in [0.2, 0.25) is 0 Å². The third kappa shape index (κ3) is 4.41. The molecule has 168 valence electrons. The predicted molar refractivity (Wildman–Crippen MR) is 123 cm³/mol. The number of hydrogen-bond donors (Lipinski definition) is 0. The molecule has 5 aromatic rings. The van der Waals surface area contributed by atoms with Gasteiger partial charge in [0.05, 0.1) is 12.3 Å². The fourth-order valence-electron chi connectivity index (χ4n) is 3.47. The summed E-state index contributed by atoms with van der Waals surface area (Å²) in [5.41, 5.74) is 3.66. The normalized spacial score (nSPS) is 11.5. The van der Waals surface area contributed by atoms with Crippen LogP contribution in [0, 0.1) is 11.6 Å². The summed E-state index contributed by atoms with van der Waals surface area (Å²) in [5, 5.41) is 13.9. The quantitative estimate of drug-likeness (QED) is 0.214. The van der Waals surface area contributed by atoms with Crippen molar-refractivity contribution in [1.29, 1.82) is 0 Å². The van der Waals surface area contributed by atoms with E-state index in [4.69, 9.17) is 4.74 Å². The van der Waals surface area contributed by atoms with E-state index < -0.39 is 11.6 Å². The summed E-state index contributed by atoms with van der Waals surface area (Å²) in [7, 11) is 0. The third-order valence-corrected chi connectivity index (χ3v) is 6.27. The van der Waals surface area contributed by atoms with Gasteiger partial charge < -0.3 is 4.74 Å². The number of halogens is 2. The van der Waals surface area contributed by atoms with Crippen LogP contribution in [0.4, 0.5) is 8.78 Å². The largest absolute Gasteiger partial charge is 0.494 e. The molecule has 0 aliphatic carbocycles. The van der Waals surface area contributed by atoms with Crippen LogP contribution in [-0.4, -0.2) is 30.8 Å². The first-order valence-electron chi connectivity index (χ1n) is 10.7. The molecule has 0 spiro atoms. The fourth-order valence-corrected chi connectivity index (χ4v) is 4.37. The predicted octanol–water partition coefficient (Wildman–Crippen LogP) is 5.79. The van der Waals surface area contributed by atoms with Crippen molar-refractivity contribution in [3.05, 3.63) is 78.1 Å². The monoisotopic (exact) mass is 465 g/mol. The average molecular weight is 466 g/mol. The summed E-state index contributed by atoms with van der Waals surface area (Å²) in [4.78, 5) is 0. The van der Waals surface area contributed by atoms with Crippen LogP contribution in [0.2, 0.25) is 0 Å². The van der Waals surface area contributed by atoms with Crippen LogP contribution >= 0.6 is 11.8 Å². The first kappa shape index (κ1) is 21.4. The van der Waals surface area contributed by atoms with Crippen LogP contribution in [0.25, 0.3) is 22.4 Å². The van der Waals surface area contributed by atoms with E-state index in [1.165, 1.54) is 23.9 Å². The standard InChI is InChI=1S/C24H21F2N5OS/c1-2-3-12-32-19-8-5-16(6-9-19)21-14-22-23-27-28-24(30(23)10-11-31(22)29-21)33-15-17-4-7-18(25)13-20(17)26/h4-11,13-14H,2-3,12,15H2,1H3. The Kier molecular flexibility index (Phi) is 5.95. The molecule has 3 aromatic heterocycles. The second-order valence-corrected chi connectivity index (χ2v) is 8.53. The minimum atomic E-state index is -0.591. The zero-order valence-electron chi connectivity index (χ0n) is 17.9. The number of benzene rings is 2. The second-order valence-electron chi connectivity index (χ2n) is 7.58. The number of rotatable bonds is 8. The van der Waals surface area contributed by atoms with Crippen molar-refractivity contribution in [2.75, 3.05) is 6.61 Å². The molecule has 0 atom stereocenters. The highest BCUT2D eigenvalue weighted by Crippen LogP contribution is 2.27. The second kappa shape index (κ2) is 9.19. The van der Waals surface area contributed by atoms with Gasteiger partial charge in [0.15, 0.2) is 10.8 Å². The lowest BCUT2D eigenvalue weighted by atomic mass is 10.1. The maximum Gasteiger partial charge on any atom is 0.196 e. The van der Waals surface area contributed by atoms with E-state index in [0.717, 1.165) is 41.4 Å². The molecule has 0 N–H and O–H groups in total. The number of fused-ring (bicyclic) bond motifs is 3. The Morgan fingerprint density at radius 1 is 1.00 bits per heavy atom. The van der Waals surface area contributed by atoms with Gasteiger partial charge in [-0.1, -0.05) is 31.2 Å². The van der Waals surface area contributed by atoms with Crippen molar-refractivity contribution in [3.63, 3.8) is 0 Å². The molecular formula is C24H21F2N5OS. The summed E-state index contributed by atoms with van der Waals surface area (Å²) >= 11 is 1.33. The van der Waals surface area contributed by atoms with Crippen molar-refractivity contribution in [2.24, 2.45) is 0 Å². The molecule has 0 saturated carbocycles. The molecule has 0 amide bonds. The van der Waals surface area contributed by atoms with Crippen molar-refractivity contribution in [2.45, 2.75) is 30.7 Å². The number of unbranched alkanes of at least 4 members (excludes halogenated alkanes) is 1. The topological polar surface area (TPSA) is 56.7 Å². The van der Waals surface area contributed by atoms with Crippen molar-refractivity contribution >= 4 is 22.9 Å². The van der Waals surface area contributed by atoms with Gasteiger partial charge >= 0.3 is 0 Å². The molecule has 2 aromatic carbocycles. The molecule has 5 rings (SSSR count). The Balaban J connectivity index is 1.38. The molecule has 0 radical (unpaired) electrons. The molecule has 6 nitrogen and oxygen atoms in total. The maximum absolute atomic E-state index is 14.0. The van der Waals surface area contributed by atoms with Crippen LogP contribution in [0.5, 0.6) is 5.75 Å². The molecule has 33 heavy (non-hydrogen) atoms. The lowest BCUT2D eigenvalue weighted by Crippen LogP contribution is -1.96. The number of thioether (sulfide) groups is 1. The maximum atomic E-state index is 14.0. The van der Waals surface area contributed by atoms with Crippen molar-refractivity contribution < 1.29 is 13.5 Å². The van der Waals surface area contributed by atoms with E-state index in [1.54, 1.807) is 4.52 Å². The number of hydrogen-bond acceptors (Lipinski definition) is 5. The minimum absolute atomic E-state index is 0.315. The zero-order valence-corrected chi connectivity index (χ0v) is 18.7. The Bertz CT molecular complexity index is 1410. The molecule has 0 aliphatic heterocycles. The Morgan fingerprint density at radius 3 is 2.64 bits per heavy atom. The molecule has 0 fully saturated rings. The van der Waals surface area contributed by atoms with Gasteiger partial charge in [0, 0.05) is 29.8 Å². The third-order valence-electron chi connectivity index (χ3n) is 5.27. The SMILES string of the molecule is CCCCOc1ccc(-c2cc3c4nnc(SCc5ccc(F)cc5F)n4ccn3n2)cc1. The Morgan fingerprint density at radius 2 is 1.85 bits per heavy atom. The first-order chi connectivity index (χ1) is 16.1. The van der Waals surface area contributed by atoms with Gasteiger partial charge in [-0.25, -0.2) is 13.3 Å². The number of aromatic nitrogens is 5. The zero-order chi connectivity index (χ0) is 22.8. The van der Waals surface area contributed by atoms with Crippen LogP contribution in [0.3, 0.4) is 0 Å². The summed E-state index contributed by atoms with van der Waals surface area (Å²) in [6.45, 7) is 2.85. The van der Waals surface area contributed by atoms with Gasteiger partial charge in [-0.3, -0.25) is 4.40 Å². The fraction of sp³-hybridized carbons (Fsp3) is 0.208. The van der Waals surface area contributed by atoms with E-state index in [0.29, 0.717) is 28.7 Å². The van der Waals surface area contributed by atoms with E-state index in [9.17, 15) is 8.78 Å². The molecule has 0 unspecified atom stereocenters. The smallest absolute Gasteiger partial charge is 0.196 e. The molecular weight excluding hydrogens is 444 g/mol. The summed E-state index contributed by atoms with van der Waals surface area (Å²) in [6, 6.07) is 13.4. The highest BCUT2D eigenvalue weighted by Gasteiger charge is 2.14. The van der Waals surface area contributed by atoms with Crippen LogP contribution in [-0.2, 0) is 5.75 Å². The van der Waals surface area contributed by atoms with Crippen LogP contribution in [0.15, 0.2) is 66.1 Å². The van der Waals surface area contributed by atoms with Gasteiger partial charge in [-0.2, -0.15) is 5.10 Å². The van der Waals surface area contributed by atoms with Gasteiger partial charge in [-0.05, 0) is 48.4 Å². The van der Waals surface area contributed by atoms with Crippen molar-refractivity contribution in [3.8, 4) is 17.0 Å². The average Bonchev–Trinajstić information content (AvgIpc) is 3.43. The Hall–Kier alpha value is -3.46. The highest BCUT2D eigenvalue weighted by molar-refractivity contribution is 7.98. The van der Waals surface area contributed by atoms with Gasteiger partial charge in [0.1, 0.15) is 22.9 Å². The summed E-state index contributed by atoms with van der Waals surface area (Å²) in [5.74, 6) is -0.00213. The van der Waals surface area contributed by atoms with Crippen molar-refractivity contribution in [1.82, 2.24) is 24.2 Å².